The number of carboxylic acids is 3. The van der Waals surface area contributed by atoms with Crippen LogP contribution in [0.2, 0.25) is 0 Å². The van der Waals surface area contributed by atoms with Gasteiger partial charge in [-0.2, -0.15) is 0 Å². The summed E-state index contributed by atoms with van der Waals surface area (Å²) >= 11 is 1.23. The fourth-order valence-corrected chi connectivity index (χ4v) is 5.85. The van der Waals surface area contributed by atoms with Crippen molar-refractivity contribution in [3.8, 4) is 0 Å². The summed E-state index contributed by atoms with van der Waals surface area (Å²) in [5.74, 6) is -1.98. The van der Waals surface area contributed by atoms with E-state index in [2.05, 4.69) is 45.0 Å². The first-order chi connectivity index (χ1) is 23.7. The molecule has 0 aliphatic rings. The minimum atomic E-state index is -0.659. The molecule has 286 valence electrons. The molecule has 0 spiro atoms. The van der Waals surface area contributed by atoms with Crippen LogP contribution in [0.1, 0.15) is 213 Å². The number of hydrogen-bond donors (Lipinski definition) is 3. The van der Waals surface area contributed by atoms with E-state index in [4.69, 9.17) is 15.3 Å². The monoisotopic (exact) mass is 798 g/mol. The van der Waals surface area contributed by atoms with Crippen molar-refractivity contribution in [2.75, 3.05) is 0 Å². The van der Waals surface area contributed by atoms with E-state index in [0.29, 0.717) is 19.3 Å². The van der Waals surface area contributed by atoms with Gasteiger partial charge in [0.1, 0.15) is 0 Å². The summed E-state index contributed by atoms with van der Waals surface area (Å²) in [5, 5.41) is 25.2. The molecule has 0 bridgehead atoms. The maximum absolute atomic E-state index is 10.2. The number of carbonyl (C=O) groups is 3. The van der Waals surface area contributed by atoms with Crippen molar-refractivity contribution in [3.05, 3.63) is 30.3 Å². The van der Waals surface area contributed by atoms with E-state index < -0.39 is 17.9 Å². The maximum atomic E-state index is 10.2. The van der Waals surface area contributed by atoms with Gasteiger partial charge in [0.25, 0.3) is 0 Å². The molecule has 0 atom stereocenters. The zero-order valence-electron chi connectivity index (χ0n) is 32.2. The van der Waals surface area contributed by atoms with Gasteiger partial charge in [0.15, 0.2) is 0 Å². The first-order valence-corrected chi connectivity index (χ1v) is 21.8. The molecular formula is C42H78O6Sn. The Morgan fingerprint density at radius 1 is 0.388 bits per heavy atom. The predicted molar refractivity (Wildman–Crippen MR) is 212 cm³/mol. The van der Waals surface area contributed by atoms with Crippen molar-refractivity contribution in [2.24, 2.45) is 0 Å². The predicted octanol–water partition coefficient (Wildman–Crippen LogP) is 12.2. The molecule has 1 rings (SSSR count). The van der Waals surface area contributed by atoms with Crippen LogP contribution >= 0.6 is 0 Å². The summed E-state index contributed by atoms with van der Waals surface area (Å²) in [7, 11) is 0. The molecular weight excluding hydrogens is 719 g/mol. The molecule has 49 heavy (non-hydrogen) atoms. The second-order valence-electron chi connectivity index (χ2n) is 13.3. The van der Waals surface area contributed by atoms with Crippen LogP contribution in [-0.2, 0) is 14.4 Å². The molecule has 0 saturated heterocycles. The number of rotatable bonds is 30. The van der Waals surface area contributed by atoms with Gasteiger partial charge in [-0.05, 0) is 19.3 Å². The molecule has 0 aromatic heterocycles. The minimum absolute atomic E-state index is 0.343. The van der Waals surface area contributed by atoms with Gasteiger partial charge in [0.05, 0.1) is 0 Å². The molecule has 0 fully saturated rings. The number of unbranched alkanes of at least 4 members (excludes halogenated alkanes) is 24. The van der Waals surface area contributed by atoms with E-state index in [-0.39, 0.29) is 0 Å². The molecule has 3 N–H and O–H groups in total. The fraction of sp³-hybridized carbons (Fsp3) is 0.786. The Hall–Kier alpha value is -1.57. The number of aliphatic carboxylic acids is 3. The van der Waals surface area contributed by atoms with E-state index in [0.717, 1.165) is 38.5 Å². The average molecular weight is 798 g/mol. The van der Waals surface area contributed by atoms with Gasteiger partial charge in [0, 0.05) is 19.3 Å². The Kier molecular flexibility index (Phi) is 49.1. The molecule has 0 aliphatic heterocycles. The number of hydrogen-bond acceptors (Lipinski definition) is 3. The van der Waals surface area contributed by atoms with Crippen molar-refractivity contribution in [2.45, 2.75) is 213 Å². The molecule has 6 nitrogen and oxygen atoms in total. The number of carboxylic acid groups (broad SMARTS) is 3. The first-order valence-electron chi connectivity index (χ1n) is 20.2. The summed E-state index contributed by atoms with van der Waals surface area (Å²) in [6.07, 6.45) is 34.4. The van der Waals surface area contributed by atoms with Gasteiger partial charge < -0.3 is 15.3 Å². The quantitative estimate of drug-likeness (QED) is 0.0528. The molecule has 0 heterocycles. The fourth-order valence-electron chi connectivity index (χ4n) is 5.21. The second kappa shape index (κ2) is 46.4. The van der Waals surface area contributed by atoms with Crippen LogP contribution in [0.25, 0.3) is 0 Å². The topological polar surface area (TPSA) is 112 Å². The van der Waals surface area contributed by atoms with Gasteiger partial charge in [-0.25, -0.2) is 0 Å². The van der Waals surface area contributed by atoms with Gasteiger partial charge in [0.2, 0.25) is 0 Å². The normalized spacial score (nSPS) is 10.1. The summed E-state index contributed by atoms with van der Waals surface area (Å²) < 4.78 is 1.45. The SMILES string of the molecule is CCCCCCCCCCCC(=O)O.CCCCCCCCCCCC(=O)O.CCCCCCCCCCCC(=O)O.[SnH][c]1ccccc1. The van der Waals surface area contributed by atoms with Crippen molar-refractivity contribution in [1.29, 1.82) is 0 Å². The van der Waals surface area contributed by atoms with Crippen molar-refractivity contribution in [3.63, 3.8) is 0 Å². The summed E-state index contributed by atoms with van der Waals surface area (Å²) in [6, 6.07) is 10.5. The van der Waals surface area contributed by atoms with E-state index in [1.54, 1.807) is 0 Å². The molecule has 7 heteroatoms. The van der Waals surface area contributed by atoms with E-state index >= 15 is 0 Å². The van der Waals surface area contributed by atoms with Gasteiger partial charge in [-0.1, -0.05) is 175 Å². The van der Waals surface area contributed by atoms with Crippen LogP contribution in [0.4, 0.5) is 0 Å². The van der Waals surface area contributed by atoms with Crippen LogP contribution in [0.15, 0.2) is 30.3 Å². The third-order valence-corrected chi connectivity index (χ3v) is 9.38. The third kappa shape index (κ3) is 59.0. The van der Waals surface area contributed by atoms with E-state index in [9.17, 15) is 14.4 Å². The van der Waals surface area contributed by atoms with Gasteiger partial charge >= 0.3 is 74.3 Å². The van der Waals surface area contributed by atoms with Crippen LogP contribution < -0.4 is 3.58 Å². The molecule has 2 radical (unpaired) electrons. The van der Waals surface area contributed by atoms with Crippen LogP contribution in [0.3, 0.4) is 0 Å². The van der Waals surface area contributed by atoms with Crippen LogP contribution in [0, 0.1) is 0 Å². The summed E-state index contributed by atoms with van der Waals surface area (Å²) in [4.78, 5) is 30.6. The molecule has 1 aromatic carbocycles. The Morgan fingerprint density at radius 3 is 0.755 bits per heavy atom. The first kappa shape index (κ1) is 51.8. The molecule has 0 saturated carbocycles. The molecule has 1 aromatic rings. The Balaban J connectivity index is -0.000000589. The van der Waals surface area contributed by atoms with Gasteiger partial charge in [-0.3, -0.25) is 14.4 Å². The molecule has 0 amide bonds. The average Bonchev–Trinajstić information content (AvgIpc) is 3.07. The Labute approximate surface area is 316 Å². The third-order valence-electron chi connectivity index (χ3n) is 8.28. The zero-order valence-corrected chi connectivity index (χ0v) is 35.5. The van der Waals surface area contributed by atoms with E-state index in [1.165, 1.54) is 161 Å². The molecule has 0 aliphatic carbocycles. The zero-order chi connectivity index (χ0) is 37.1. The van der Waals surface area contributed by atoms with Crippen LogP contribution in [-0.4, -0.2) is 55.8 Å². The van der Waals surface area contributed by atoms with Crippen molar-refractivity contribution >= 4 is 44.0 Å². The Morgan fingerprint density at radius 2 is 0.592 bits per heavy atom. The summed E-state index contributed by atoms with van der Waals surface area (Å²) in [6.45, 7) is 6.68. The summed E-state index contributed by atoms with van der Waals surface area (Å²) in [5.41, 5.74) is 0. The van der Waals surface area contributed by atoms with E-state index in [1.807, 2.05) is 6.07 Å². The second-order valence-corrected chi connectivity index (χ2v) is 15.2. The molecule has 0 unspecified atom stereocenters. The van der Waals surface area contributed by atoms with Crippen molar-refractivity contribution in [1.82, 2.24) is 0 Å². The Bertz CT molecular complexity index is 726. The number of benzene rings is 1. The van der Waals surface area contributed by atoms with Crippen LogP contribution in [0.5, 0.6) is 0 Å². The van der Waals surface area contributed by atoms with Crippen molar-refractivity contribution < 1.29 is 29.7 Å². The standard InChI is InChI=1S/3C12H24O2.C6H5.Sn.H/c3*1-2-3-4-5-6-7-8-9-10-11-12(13)14;1-2-4-6-5-3-1;;/h3*2-11H2,1H3,(H,13,14);1-5H;;. The van der Waals surface area contributed by atoms with Gasteiger partial charge in [-0.15, -0.1) is 0 Å².